The summed E-state index contributed by atoms with van der Waals surface area (Å²) in [5.74, 6) is -7.91. The van der Waals surface area contributed by atoms with Gasteiger partial charge in [-0.15, -0.1) is 0 Å². The van der Waals surface area contributed by atoms with Crippen molar-refractivity contribution in [3.8, 4) is 22.1 Å². The van der Waals surface area contributed by atoms with E-state index in [4.69, 9.17) is 23.7 Å². The number of halogens is 4. The molecule has 0 N–H and O–H groups in total. The lowest BCUT2D eigenvalue weighted by atomic mass is 9.45. The molecule has 4 aliphatic rings. The molecule has 9 rings (SSSR count). The minimum Gasteiger partial charge on any atom is -0.482 e. The van der Waals surface area contributed by atoms with E-state index in [0.717, 1.165) is 0 Å². The van der Waals surface area contributed by atoms with E-state index >= 15 is 0 Å². The molecule has 4 aromatic carbocycles. The van der Waals surface area contributed by atoms with Crippen LogP contribution in [0.3, 0.4) is 0 Å². The first-order valence-corrected chi connectivity index (χ1v) is 17.4. The number of carbonyl (C=O) groups is 1. The molecular formula is C38H31F4O6S+. The second-order valence-corrected chi connectivity index (χ2v) is 15.5. The van der Waals surface area contributed by atoms with Gasteiger partial charge >= 0.3 is 17.8 Å². The normalized spacial score (nSPS) is 29.1. The number of benzene rings is 4. The first-order valence-electron chi connectivity index (χ1n) is 16.2. The highest BCUT2D eigenvalue weighted by Crippen LogP contribution is 2.78. The first kappa shape index (κ1) is 30.8. The van der Waals surface area contributed by atoms with Crippen LogP contribution in [0.4, 0.5) is 17.6 Å². The highest BCUT2D eigenvalue weighted by molar-refractivity contribution is 7.50. The number of ether oxygens (including phenoxy) is 5. The Morgan fingerprint density at radius 2 is 1.31 bits per heavy atom. The van der Waals surface area contributed by atoms with Crippen molar-refractivity contribution in [3.63, 3.8) is 0 Å². The second-order valence-electron chi connectivity index (χ2n) is 13.5. The Kier molecular flexibility index (Phi) is 6.86. The minimum atomic E-state index is -4.35. The maximum Gasteiger partial charge on any atom is 0.344 e. The fourth-order valence-electron chi connectivity index (χ4n) is 8.21. The molecule has 4 fully saturated rings. The lowest BCUT2D eigenvalue weighted by molar-refractivity contribution is -0.333. The molecule has 0 amide bonds. The fourth-order valence-corrected chi connectivity index (χ4v) is 10.6. The van der Waals surface area contributed by atoms with E-state index in [9.17, 15) is 22.4 Å². The van der Waals surface area contributed by atoms with Crippen LogP contribution in [0.25, 0.3) is 25.1 Å². The highest BCUT2D eigenvalue weighted by atomic mass is 32.2. The summed E-state index contributed by atoms with van der Waals surface area (Å²) in [6.45, 7) is -3.13. The van der Waals surface area contributed by atoms with Crippen LogP contribution in [0.5, 0.6) is 17.2 Å². The van der Waals surface area contributed by atoms with Crippen molar-refractivity contribution in [1.29, 1.82) is 0 Å². The number of esters is 1. The number of carbonyl (C=O) groups excluding carboxylic acids is 1. The molecule has 2 heterocycles. The van der Waals surface area contributed by atoms with Crippen molar-refractivity contribution in [2.75, 3.05) is 19.8 Å². The van der Waals surface area contributed by atoms with E-state index in [0.29, 0.717) is 30.1 Å². The Hall–Kier alpha value is -4.19. The SMILES string of the molecule is O=C(COc1ccc(Oc2ccc(-[s+]3c4ccccc4c4ccccc43)cc2)cc1)OC12CC3OCC(F)(F)C(F)(F)COC4CC4(C1)C32. The van der Waals surface area contributed by atoms with Crippen LogP contribution in [-0.4, -0.2) is 55.4 Å². The van der Waals surface area contributed by atoms with E-state index in [1.165, 1.54) is 25.1 Å². The van der Waals surface area contributed by atoms with Crippen LogP contribution in [0.1, 0.15) is 19.3 Å². The zero-order valence-corrected chi connectivity index (χ0v) is 26.9. The van der Waals surface area contributed by atoms with Gasteiger partial charge in [-0.3, -0.25) is 0 Å². The minimum absolute atomic E-state index is 0.175. The van der Waals surface area contributed by atoms with Crippen LogP contribution in [-0.2, 0) is 19.0 Å². The summed E-state index contributed by atoms with van der Waals surface area (Å²) in [4.78, 5) is 14.0. The smallest absolute Gasteiger partial charge is 0.344 e. The maximum atomic E-state index is 14.1. The number of rotatable bonds is 7. The monoisotopic (exact) mass is 691 g/mol. The molecule has 3 aliphatic carbocycles. The van der Waals surface area contributed by atoms with Gasteiger partial charge in [0.15, 0.2) is 20.9 Å². The number of thiophene rings is 1. The maximum absolute atomic E-state index is 14.1. The van der Waals surface area contributed by atoms with Gasteiger partial charge in [-0.1, -0.05) is 24.3 Å². The summed E-state index contributed by atoms with van der Waals surface area (Å²) < 4.78 is 86.9. The standard InChI is InChI=1S/C38H31F4O6S/c39-37(40)21-45-29-17-36(20-35(34(29)36)18-32(35)46-22-38(37,41)42)48-33(43)19-44-23-9-11-24(12-10-23)47-25-13-15-26(16-14-25)49-30-7-3-1-5-27(30)28-6-2-4-8-31(28)49/h1-16,29,32,34H,17-22H2/q+1. The summed E-state index contributed by atoms with van der Waals surface area (Å²) in [6.07, 6.45) is -0.215. The molecule has 1 spiro atoms. The van der Waals surface area contributed by atoms with E-state index in [1.54, 1.807) is 24.3 Å². The number of fused-ring (bicyclic) bond motifs is 3. The van der Waals surface area contributed by atoms with E-state index < -0.39 is 54.3 Å². The number of hydrogen-bond acceptors (Lipinski definition) is 6. The Bertz CT molecular complexity index is 2030. The predicted octanol–water partition coefficient (Wildman–Crippen LogP) is 9.05. The van der Waals surface area contributed by atoms with Crippen LogP contribution in [0.15, 0.2) is 97.1 Å². The summed E-state index contributed by atoms with van der Waals surface area (Å²) in [6, 6.07) is 32.1. The number of alkyl halides is 4. The molecule has 1 aliphatic heterocycles. The lowest BCUT2D eigenvalue weighted by Crippen LogP contribution is -2.74. The van der Waals surface area contributed by atoms with Crippen molar-refractivity contribution in [2.24, 2.45) is 11.3 Å². The molecule has 49 heavy (non-hydrogen) atoms. The van der Waals surface area contributed by atoms with Crippen LogP contribution >= 0.6 is 10.5 Å². The van der Waals surface area contributed by atoms with Gasteiger partial charge in [-0.25, -0.2) is 4.79 Å². The zero-order chi connectivity index (χ0) is 33.6. The van der Waals surface area contributed by atoms with Gasteiger partial charge in [-0.05, 0) is 73.5 Å². The average Bonchev–Trinajstić information content (AvgIpc) is 3.68. The zero-order valence-electron chi connectivity index (χ0n) is 26.1. The van der Waals surface area contributed by atoms with Gasteiger partial charge in [0.25, 0.3) is 0 Å². The molecule has 6 nitrogen and oxygen atoms in total. The van der Waals surface area contributed by atoms with Gasteiger partial charge in [-0.2, -0.15) is 17.6 Å². The van der Waals surface area contributed by atoms with Crippen molar-refractivity contribution >= 4 is 36.6 Å². The van der Waals surface area contributed by atoms with Gasteiger partial charge < -0.3 is 23.7 Å². The van der Waals surface area contributed by atoms with E-state index in [1.807, 2.05) is 12.1 Å². The third kappa shape index (κ3) is 4.92. The molecule has 252 valence electrons. The summed E-state index contributed by atoms with van der Waals surface area (Å²) in [5, 5.41) is 2.55. The van der Waals surface area contributed by atoms with Gasteiger partial charge in [0.1, 0.15) is 36.1 Å². The molecule has 3 saturated carbocycles. The summed E-state index contributed by atoms with van der Waals surface area (Å²) in [7, 11) is -0.190. The number of hydrogen-bond donors (Lipinski definition) is 0. The molecule has 5 aromatic rings. The van der Waals surface area contributed by atoms with Crippen molar-refractivity contribution in [1.82, 2.24) is 0 Å². The van der Waals surface area contributed by atoms with E-state index in [-0.39, 0.29) is 29.4 Å². The molecule has 0 radical (unpaired) electrons. The largest absolute Gasteiger partial charge is 0.482 e. The molecule has 5 unspecified atom stereocenters. The topological polar surface area (TPSA) is 63.2 Å². The van der Waals surface area contributed by atoms with Gasteiger partial charge in [0.2, 0.25) is 0 Å². The Balaban J connectivity index is 0.809. The van der Waals surface area contributed by atoms with Gasteiger partial charge in [0, 0.05) is 51.1 Å². The Labute approximate surface area is 281 Å². The molecule has 5 atom stereocenters. The molecule has 1 aromatic heterocycles. The third-order valence-corrected chi connectivity index (χ3v) is 12.9. The van der Waals surface area contributed by atoms with Crippen molar-refractivity contribution < 1.29 is 46.0 Å². The van der Waals surface area contributed by atoms with Gasteiger partial charge in [0.05, 0.1) is 12.2 Å². The Morgan fingerprint density at radius 3 is 1.96 bits per heavy atom. The highest BCUT2D eigenvalue weighted by Gasteiger charge is 2.84. The first-order chi connectivity index (χ1) is 23.6. The lowest BCUT2D eigenvalue weighted by Gasteiger charge is -2.66. The van der Waals surface area contributed by atoms with Crippen LogP contribution < -0.4 is 9.47 Å². The van der Waals surface area contributed by atoms with Crippen LogP contribution in [0.2, 0.25) is 0 Å². The summed E-state index contributed by atoms with van der Waals surface area (Å²) in [5.41, 5.74) is -1.35. The predicted molar refractivity (Wildman–Crippen MR) is 175 cm³/mol. The van der Waals surface area contributed by atoms with Crippen molar-refractivity contribution in [2.45, 2.75) is 48.9 Å². The average molecular weight is 692 g/mol. The molecule has 0 bridgehead atoms. The summed E-state index contributed by atoms with van der Waals surface area (Å²) >= 11 is 0. The van der Waals surface area contributed by atoms with Crippen LogP contribution in [0, 0.1) is 11.3 Å². The Morgan fingerprint density at radius 1 is 0.735 bits per heavy atom. The van der Waals surface area contributed by atoms with Crippen molar-refractivity contribution in [3.05, 3.63) is 97.1 Å². The molecular weight excluding hydrogens is 660 g/mol. The molecule has 1 saturated heterocycles. The third-order valence-electron chi connectivity index (χ3n) is 10.6. The second kappa shape index (κ2) is 10.9. The molecule has 11 heteroatoms. The fraction of sp³-hybridized carbons (Fsp3) is 0.342. The quantitative estimate of drug-likeness (QED) is 0.0965. The van der Waals surface area contributed by atoms with E-state index in [2.05, 4.69) is 60.7 Å².